The van der Waals surface area contributed by atoms with Crippen LogP contribution in [0.3, 0.4) is 0 Å². The molecule has 0 aliphatic carbocycles. The van der Waals surface area contributed by atoms with Crippen LogP contribution < -0.4 is 4.74 Å². The molecule has 0 saturated carbocycles. The molecule has 0 heterocycles. The Morgan fingerprint density at radius 3 is 2.81 bits per heavy atom. The number of benzene rings is 1. The minimum Gasteiger partial charge on any atom is -0.487 e. The van der Waals surface area contributed by atoms with Gasteiger partial charge in [-0.15, -0.1) is 0 Å². The first-order chi connectivity index (χ1) is 7.56. The summed E-state index contributed by atoms with van der Waals surface area (Å²) in [7, 11) is 0. The number of aliphatic hydroxyl groups excluding tert-OH is 1. The lowest BCUT2D eigenvalue weighted by atomic mass is 10.2. The number of nitro groups is 1. The predicted molar refractivity (Wildman–Crippen MR) is 62.7 cm³/mol. The number of halogens is 1. The van der Waals surface area contributed by atoms with Crippen LogP contribution in [-0.2, 0) is 0 Å². The maximum Gasteiger partial charge on any atom is 0.312 e. The van der Waals surface area contributed by atoms with Crippen LogP contribution in [0, 0.1) is 17.0 Å². The highest BCUT2D eigenvalue weighted by atomic mass is 79.9. The largest absolute Gasteiger partial charge is 0.487 e. The second-order valence-electron chi connectivity index (χ2n) is 3.25. The molecule has 6 heteroatoms. The number of aliphatic hydroxyl groups is 1. The van der Waals surface area contributed by atoms with Crippen molar-refractivity contribution in [3.8, 4) is 5.75 Å². The summed E-state index contributed by atoms with van der Waals surface area (Å²) in [5.41, 5.74) is 0.629. The number of ether oxygens (including phenoxy) is 1. The van der Waals surface area contributed by atoms with Crippen LogP contribution in [0.1, 0.15) is 12.0 Å². The van der Waals surface area contributed by atoms with Crippen LogP contribution in [-0.4, -0.2) is 23.2 Å². The van der Waals surface area contributed by atoms with Crippen LogP contribution >= 0.6 is 15.9 Å². The molecule has 0 saturated heterocycles. The third kappa shape index (κ3) is 3.18. The van der Waals surface area contributed by atoms with E-state index in [2.05, 4.69) is 15.9 Å². The molecule has 0 aromatic heterocycles. The Kier molecular flexibility index (Phi) is 4.70. The molecule has 1 rings (SSSR count). The maximum absolute atomic E-state index is 10.8. The van der Waals surface area contributed by atoms with Crippen molar-refractivity contribution in [3.63, 3.8) is 0 Å². The molecule has 0 radical (unpaired) electrons. The summed E-state index contributed by atoms with van der Waals surface area (Å²) in [4.78, 5) is 10.3. The van der Waals surface area contributed by atoms with Gasteiger partial charge in [0.15, 0.2) is 5.75 Å². The fourth-order valence-electron chi connectivity index (χ4n) is 1.27. The quantitative estimate of drug-likeness (QED) is 0.513. The highest BCUT2D eigenvalue weighted by Crippen LogP contribution is 2.34. The van der Waals surface area contributed by atoms with Crippen molar-refractivity contribution in [1.29, 1.82) is 0 Å². The SMILES string of the molecule is Cc1cc(Br)cc([N+](=O)[O-])c1OCCCO. The topological polar surface area (TPSA) is 72.6 Å². The molecule has 0 atom stereocenters. The molecule has 1 aromatic carbocycles. The van der Waals surface area contributed by atoms with Crippen molar-refractivity contribution < 1.29 is 14.8 Å². The molecular formula is C10H12BrNO4. The Balaban J connectivity index is 2.99. The van der Waals surface area contributed by atoms with Gasteiger partial charge in [-0.2, -0.15) is 0 Å². The summed E-state index contributed by atoms with van der Waals surface area (Å²) in [5, 5.41) is 19.4. The van der Waals surface area contributed by atoms with Crippen molar-refractivity contribution in [2.45, 2.75) is 13.3 Å². The lowest BCUT2D eigenvalue weighted by Crippen LogP contribution is -2.03. The van der Waals surface area contributed by atoms with Gasteiger partial charge >= 0.3 is 5.69 Å². The first-order valence-electron chi connectivity index (χ1n) is 4.74. The maximum atomic E-state index is 10.8. The molecule has 88 valence electrons. The standard InChI is InChI=1S/C10H12BrNO4/c1-7-5-8(11)6-9(12(14)15)10(7)16-4-2-3-13/h5-6,13H,2-4H2,1H3. The summed E-state index contributed by atoms with van der Waals surface area (Å²) in [6, 6.07) is 3.16. The zero-order valence-corrected chi connectivity index (χ0v) is 10.4. The number of nitro benzene ring substituents is 1. The number of aryl methyl sites for hydroxylation is 1. The summed E-state index contributed by atoms with van der Waals surface area (Å²) in [6.45, 7) is 2.01. The van der Waals surface area contributed by atoms with Crippen molar-refractivity contribution in [2.24, 2.45) is 0 Å². The van der Waals surface area contributed by atoms with Crippen molar-refractivity contribution in [1.82, 2.24) is 0 Å². The number of nitrogens with zero attached hydrogens (tertiary/aromatic N) is 1. The zero-order chi connectivity index (χ0) is 12.1. The highest BCUT2D eigenvalue weighted by Gasteiger charge is 2.18. The van der Waals surface area contributed by atoms with E-state index < -0.39 is 4.92 Å². The van der Waals surface area contributed by atoms with E-state index in [9.17, 15) is 10.1 Å². The van der Waals surface area contributed by atoms with Crippen molar-refractivity contribution in [2.75, 3.05) is 13.2 Å². The van der Waals surface area contributed by atoms with E-state index >= 15 is 0 Å². The first-order valence-corrected chi connectivity index (χ1v) is 5.53. The molecular weight excluding hydrogens is 278 g/mol. The Labute approximate surface area is 101 Å². The third-order valence-corrected chi connectivity index (χ3v) is 2.42. The van der Waals surface area contributed by atoms with Gasteiger partial charge in [-0.25, -0.2) is 0 Å². The van der Waals surface area contributed by atoms with Crippen LogP contribution in [0.15, 0.2) is 16.6 Å². The molecule has 0 unspecified atom stereocenters. The Bertz CT molecular complexity index is 395. The van der Waals surface area contributed by atoms with E-state index in [0.717, 1.165) is 0 Å². The second kappa shape index (κ2) is 5.81. The van der Waals surface area contributed by atoms with E-state index in [4.69, 9.17) is 9.84 Å². The van der Waals surface area contributed by atoms with Crippen LogP contribution in [0.4, 0.5) is 5.69 Å². The molecule has 0 spiro atoms. The Morgan fingerprint density at radius 2 is 2.25 bits per heavy atom. The van der Waals surface area contributed by atoms with E-state index in [1.807, 2.05) is 0 Å². The molecule has 5 nitrogen and oxygen atoms in total. The van der Waals surface area contributed by atoms with E-state index in [-0.39, 0.29) is 24.7 Å². The summed E-state index contributed by atoms with van der Waals surface area (Å²) < 4.78 is 5.95. The molecule has 0 bridgehead atoms. The Hall–Kier alpha value is -1.14. The van der Waals surface area contributed by atoms with Gasteiger partial charge in [0.2, 0.25) is 0 Å². The predicted octanol–water partition coefficient (Wildman–Crippen LogP) is 2.43. The minimum absolute atomic E-state index is 0.00335. The fraction of sp³-hybridized carbons (Fsp3) is 0.400. The van der Waals surface area contributed by atoms with Gasteiger partial charge in [0.1, 0.15) is 0 Å². The average Bonchev–Trinajstić information content (AvgIpc) is 2.20. The van der Waals surface area contributed by atoms with Gasteiger partial charge in [0, 0.05) is 23.6 Å². The zero-order valence-electron chi connectivity index (χ0n) is 8.77. The van der Waals surface area contributed by atoms with Gasteiger partial charge in [-0.05, 0) is 18.6 Å². The smallest absolute Gasteiger partial charge is 0.312 e. The van der Waals surface area contributed by atoms with E-state index in [0.29, 0.717) is 16.5 Å². The third-order valence-electron chi connectivity index (χ3n) is 1.97. The van der Waals surface area contributed by atoms with E-state index in [1.54, 1.807) is 13.0 Å². The Morgan fingerprint density at radius 1 is 1.56 bits per heavy atom. The molecule has 0 aliphatic heterocycles. The van der Waals surface area contributed by atoms with Gasteiger partial charge in [0.05, 0.1) is 11.5 Å². The average molecular weight is 290 g/mol. The summed E-state index contributed by atoms with van der Waals surface area (Å²) in [6.07, 6.45) is 0.451. The monoisotopic (exact) mass is 289 g/mol. The van der Waals surface area contributed by atoms with Gasteiger partial charge < -0.3 is 9.84 Å². The minimum atomic E-state index is -0.480. The number of hydrogen-bond acceptors (Lipinski definition) is 4. The molecule has 1 aromatic rings. The summed E-state index contributed by atoms with van der Waals surface area (Å²) in [5.74, 6) is 0.265. The van der Waals surface area contributed by atoms with Crippen LogP contribution in [0.5, 0.6) is 5.75 Å². The number of rotatable bonds is 5. The summed E-state index contributed by atoms with van der Waals surface area (Å²) >= 11 is 3.20. The molecule has 0 amide bonds. The van der Waals surface area contributed by atoms with Crippen LogP contribution in [0.2, 0.25) is 0 Å². The highest BCUT2D eigenvalue weighted by molar-refractivity contribution is 9.10. The molecule has 16 heavy (non-hydrogen) atoms. The molecule has 0 aliphatic rings. The van der Waals surface area contributed by atoms with Crippen LogP contribution in [0.25, 0.3) is 0 Å². The lowest BCUT2D eigenvalue weighted by molar-refractivity contribution is -0.386. The van der Waals surface area contributed by atoms with Gasteiger partial charge in [-0.3, -0.25) is 10.1 Å². The van der Waals surface area contributed by atoms with Gasteiger partial charge in [0.25, 0.3) is 0 Å². The van der Waals surface area contributed by atoms with Crippen molar-refractivity contribution >= 4 is 21.6 Å². The lowest BCUT2D eigenvalue weighted by Gasteiger charge is -2.09. The van der Waals surface area contributed by atoms with E-state index in [1.165, 1.54) is 6.07 Å². The molecule has 0 fully saturated rings. The second-order valence-corrected chi connectivity index (χ2v) is 4.17. The van der Waals surface area contributed by atoms with Gasteiger partial charge in [-0.1, -0.05) is 15.9 Å². The molecule has 1 N–H and O–H groups in total. The normalized spacial score (nSPS) is 10.2. The fourth-order valence-corrected chi connectivity index (χ4v) is 1.83. The number of hydrogen-bond donors (Lipinski definition) is 1. The van der Waals surface area contributed by atoms with Crippen molar-refractivity contribution in [3.05, 3.63) is 32.3 Å². The first kappa shape index (κ1) is 12.9.